The highest BCUT2D eigenvalue weighted by molar-refractivity contribution is 6.06. The number of anilines is 1. The molecular weight excluding hydrogens is 266 g/mol. The summed E-state index contributed by atoms with van der Waals surface area (Å²) < 4.78 is 0. The van der Waals surface area contributed by atoms with Gasteiger partial charge in [-0.25, -0.2) is 9.78 Å². The van der Waals surface area contributed by atoms with Gasteiger partial charge in [-0.15, -0.1) is 0 Å². The van der Waals surface area contributed by atoms with Crippen LogP contribution in [0.4, 0.5) is 5.82 Å². The van der Waals surface area contributed by atoms with Crippen molar-refractivity contribution in [2.45, 2.75) is 6.42 Å². The first-order valence-electron chi connectivity index (χ1n) is 7.21. The van der Waals surface area contributed by atoms with Gasteiger partial charge in [-0.05, 0) is 20.0 Å². The summed E-state index contributed by atoms with van der Waals surface area (Å²) in [6.45, 7) is 3.95. The fourth-order valence-corrected chi connectivity index (χ4v) is 2.86. The van der Waals surface area contributed by atoms with Gasteiger partial charge >= 0.3 is 5.97 Å². The van der Waals surface area contributed by atoms with E-state index in [0.717, 1.165) is 49.2 Å². The molecule has 2 heterocycles. The number of nitrogens with zero attached hydrogens (tertiary/aromatic N) is 3. The minimum absolute atomic E-state index is 0.265. The minimum atomic E-state index is -0.930. The van der Waals surface area contributed by atoms with Gasteiger partial charge in [-0.1, -0.05) is 24.3 Å². The Labute approximate surface area is 123 Å². The first-order valence-corrected chi connectivity index (χ1v) is 7.21. The largest absolute Gasteiger partial charge is 0.478 e. The Hall–Kier alpha value is -2.14. The van der Waals surface area contributed by atoms with E-state index >= 15 is 0 Å². The Morgan fingerprint density at radius 3 is 2.67 bits per heavy atom. The Morgan fingerprint density at radius 1 is 1.14 bits per heavy atom. The molecule has 1 saturated heterocycles. The molecule has 1 N–H and O–H groups in total. The molecule has 5 heteroatoms. The van der Waals surface area contributed by atoms with Crippen LogP contribution < -0.4 is 4.90 Å². The predicted molar refractivity (Wildman–Crippen MR) is 83.0 cm³/mol. The Bertz CT molecular complexity index is 672. The molecule has 1 aromatic carbocycles. The molecule has 110 valence electrons. The highest BCUT2D eigenvalue weighted by Gasteiger charge is 2.18. The molecule has 0 bridgehead atoms. The van der Waals surface area contributed by atoms with Crippen LogP contribution in [0.3, 0.4) is 0 Å². The summed E-state index contributed by atoms with van der Waals surface area (Å²) in [5.41, 5.74) is 0.265. The second kappa shape index (κ2) is 5.69. The molecule has 1 aliphatic rings. The Kier molecular flexibility index (Phi) is 3.75. The molecule has 0 aliphatic carbocycles. The fourth-order valence-electron chi connectivity index (χ4n) is 2.86. The summed E-state index contributed by atoms with van der Waals surface area (Å²) in [6, 6.07) is 7.62. The van der Waals surface area contributed by atoms with E-state index in [4.69, 9.17) is 0 Å². The zero-order chi connectivity index (χ0) is 14.8. The number of benzene rings is 1. The third-order valence-electron chi connectivity index (χ3n) is 4.02. The molecule has 0 radical (unpaired) electrons. The van der Waals surface area contributed by atoms with E-state index in [1.54, 1.807) is 0 Å². The number of pyridine rings is 1. The second-order valence-corrected chi connectivity index (χ2v) is 5.49. The molecule has 0 atom stereocenters. The van der Waals surface area contributed by atoms with Crippen LogP contribution in [0.2, 0.25) is 0 Å². The summed E-state index contributed by atoms with van der Waals surface area (Å²) in [5, 5.41) is 11.0. The van der Waals surface area contributed by atoms with Crippen molar-refractivity contribution >= 4 is 22.6 Å². The molecule has 0 amide bonds. The quantitative estimate of drug-likeness (QED) is 0.915. The minimum Gasteiger partial charge on any atom is -0.478 e. The number of carboxylic acids is 1. The van der Waals surface area contributed by atoms with Crippen molar-refractivity contribution in [1.29, 1.82) is 0 Å². The topological polar surface area (TPSA) is 56.7 Å². The molecule has 1 aliphatic heterocycles. The van der Waals surface area contributed by atoms with E-state index in [-0.39, 0.29) is 5.56 Å². The average Bonchev–Trinajstić information content (AvgIpc) is 2.70. The third-order valence-corrected chi connectivity index (χ3v) is 4.02. The molecule has 1 fully saturated rings. The highest BCUT2D eigenvalue weighted by atomic mass is 16.4. The van der Waals surface area contributed by atoms with E-state index in [1.807, 2.05) is 24.3 Å². The maximum atomic E-state index is 11.3. The standard InChI is InChI=1S/C16H19N3O2/c1-18-7-4-8-19(10-9-18)15-13-6-3-2-5-12(13)14(11-17-15)16(20)21/h2-3,5-6,11H,4,7-10H2,1H3,(H,20,21). The van der Waals surface area contributed by atoms with Crippen LogP contribution >= 0.6 is 0 Å². The summed E-state index contributed by atoms with van der Waals surface area (Å²) in [4.78, 5) is 20.4. The molecule has 0 unspecified atom stereocenters. The van der Waals surface area contributed by atoms with Crippen molar-refractivity contribution in [3.63, 3.8) is 0 Å². The second-order valence-electron chi connectivity index (χ2n) is 5.49. The first kappa shape index (κ1) is 13.8. The number of carboxylic acid groups (broad SMARTS) is 1. The van der Waals surface area contributed by atoms with Gasteiger partial charge in [0, 0.05) is 36.6 Å². The summed E-state index contributed by atoms with van der Waals surface area (Å²) in [5.74, 6) is -0.0354. The molecular formula is C16H19N3O2. The lowest BCUT2D eigenvalue weighted by atomic mass is 10.1. The smallest absolute Gasteiger partial charge is 0.337 e. The van der Waals surface area contributed by atoms with Crippen molar-refractivity contribution in [1.82, 2.24) is 9.88 Å². The monoisotopic (exact) mass is 285 g/mol. The van der Waals surface area contributed by atoms with Gasteiger partial charge in [0.05, 0.1) is 5.56 Å². The predicted octanol–water partition coefficient (Wildman–Crippen LogP) is 2.07. The molecule has 0 saturated carbocycles. The number of hydrogen-bond acceptors (Lipinski definition) is 4. The van der Waals surface area contributed by atoms with E-state index in [0.29, 0.717) is 0 Å². The molecule has 21 heavy (non-hydrogen) atoms. The summed E-state index contributed by atoms with van der Waals surface area (Å²) >= 11 is 0. The number of likely N-dealkylation sites (N-methyl/N-ethyl adjacent to an activating group) is 1. The number of aromatic nitrogens is 1. The van der Waals surface area contributed by atoms with E-state index in [1.165, 1.54) is 6.20 Å². The van der Waals surface area contributed by atoms with Gasteiger partial charge in [-0.3, -0.25) is 0 Å². The van der Waals surface area contributed by atoms with Gasteiger partial charge in [-0.2, -0.15) is 0 Å². The Morgan fingerprint density at radius 2 is 1.90 bits per heavy atom. The number of rotatable bonds is 2. The lowest BCUT2D eigenvalue weighted by Gasteiger charge is -2.23. The van der Waals surface area contributed by atoms with Crippen molar-refractivity contribution in [3.8, 4) is 0 Å². The van der Waals surface area contributed by atoms with Gasteiger partial charge in [0.1, 0.15) is 5.82 Å². The lowest BCUT2D eigenvalue weighted by molar-refractivity contribution is 0.0698. The van der Waals surface area contributed by atoms with Crippen molar-refractivity contribution in [2.24, 2.45) is 0 Å². The molecule has 2 aromatic rings. The average molecular weight is 285 g/mol. The van der Waals surface area contributed by atoms with Crippen LogP contribution in [0, 0.1) is 0 Å². The molecule has 1 aromatic heterocycles. The zero-order valence-corrected chi connectivity index (χ0v) is 12.1. The van der Waals surface area contributed by atoms with Crippen LogP contribution in [-0.2, 0) is 0 Å². The molecule has 3 rings (SSSR count). The SMILES string of the molecule is CN1CCCN(c2ncc(C(=O)O)c3ccccc23)CC1. The number of carbonyl (C=O) groups is 1. The van der Waals surface area contributed by atoms with E-state index in [2.05, 4.69) is 21.8 Å². The third kappa shape index (κ3) is 2.69. The van der Waals surface area contributed by atoms with Crippen LogP contribution in [0.25, 0.3) is 10.8 Å². The first-order chi connectivity index (χ1) is 10.2. The number of aromatic carboxylic acids is 1. The van der Waals surface area contributed by atoms with E-state index < -0.39 is 5.97 Å². The number of hydrogen-bond donors (Lipinski definition) is 1. The van der Waals surface area contributed by atoms with Crippen molar-refractivity contribution < 1.29 is 9.90 Å². The van der Waals surface area contributed by atoms with Crippen LogP contribution in [0.15, 0.2) is 30.5 Å². The fraction of sp³-hybridized carbons (Fsp3) is 0.375. The number of fused-ring (bicyclic) bond motifs is 1. The zero-order valence-electron chi connectivity index (χ0n) is 12.1. The van der Waals surface area contributed by atoms with Crippen molar-refractivity contribution in [2.75, 3.05) is 38.1 Å². The lowest BCUT2D eigenvalue weighted by Crippen LogP contribution is -2.29. The van der Waals surface area contributed by atoms with Crippen LogP contribution in [0.1, 0.15) is 16.8 Å². The van der Waals surface area contributed by atoms with Crippen LogP contribution in [-0.4, -0.2) is 54.2 Å². The van der Waals surface area contributed by atoms with Gasteiger partial charge in [0.25, 0.3) is 0 Å². The van der Waals surface area contributed by atoms with Gasteiger partial charge in [0.2, 0.25) is 0 Å². The van der Waals surface area contributed by atoms with Gasteiger partial charge < -0.3 is 14.9 Å². The van der Waals surface area contributed by atoms with E-state index in [9.17, 15) is 9.90 Å². The van der Waals surface area contributed by atoms with Crippen molar-refractivity contribution in [3.05, 3.63) is 36.0 Å². The summed E-state index contributed by atoms with van der Waals surface area (Å²) in [7, 11) is 2.13. The highest BCUT2D eigenvalue weighted by Crippen LogP contribution is 2.27. The normalized spacial score (nSPS) is 16.9. The Balaban J connectivity index is 2.07. The maximum Gasteiger partial charge on any atom is 0.337 e. The summed E-state index contributed by atoms with van der Waals surface area (Å²) in [6.07, 6.45) is 2.57. The van der Waals surface area contributed by atoms with Gasteiger partial charge in [0.15, 0.2) is 0 Å². The van der Waals surface area contributed by atoms with Crippen LogP contribution in [0.5, 0.6) is 0 Å². The molecule has 0 spiro atoms. The molecule has 5 nitrogen and oxygen atoms in total. The maximum absolute atomic E-state index is 11.3.